The summed E-state index contributed by atoms with van der Waals surface area (Å²) in [5.41, 5.74) is 3.13. The Balaban J connectivity index is 1.39. The summed E-state index contributed by atoms with van der Waals surface area (Å²) in [6, 6.07) is 4.11. The molecule has 0 spiro atoms. The van der Waals surface area contributed by atoms with Crippen LogP contribution in [-0.2, 0) is 6.42 Å². The third-order valence-corrected chi connectivity index (χ3v) is 7.43. The zero-order valence-corrected chi connectivity index (χ0v) is 20.3. The van der Waals surface area contributed by atoms with Gasteiger partial charge in [-0.15, -0.1) is 0 Å². The Bertz CT molecular complexity index is 1250. The van der Waals surface area contributed by atoms with Gasteiger partial charge in [0.1, 0.15) is 34.9 Å². The number of rotatable bonds is 4. The van der Waals surface area contributed by atoms with E-state index in [1.807, 2.05) is 35.4 Å². The van der Waals surface area contributed by atoms with Crippen LogP contribution in [0.2, 0.25) is 0 Å². The topological polar surface area (TPSA) is 101 Å². The van der Waals surface area contributed by atoms with Crippen molar-refractivity contribution in [3.8, 4) is 17.3 Å². The van der Waals surface area contributed by atoms with Gasteiger partial charge < -0.3 is 20.1 Å². The number of aliphatic hydroxyl groups is 1. The molecule has 0 radical (unpaired) electrons. The van der Waals surface area contributed by atoms with Crippen molar-refractivity contribution in [3.05, 3.63) is 23.5 Å². The minimum Gasteiger partial charge on any atom is -0.476 e. The normalized spacial score (nSPS) is 26.6. The van der Waals surface area contributed by atoms with E-state index in [0.29, 0.717) is 43.3 Å². The molecule has 1 atom stereocenters. The van der Waals surface area contributed by atoms with Crippen LogP contribution in [0.4, 0.5) is 16.0 Å². The predicted octanol–water partition coefficient (Wildman–Crippen LogP) is 3.47. The number of hydrogen-bond donors (Lipinski definition) is 2. The summed E-state index contributed by atoms with van der Waals surface area (Å²) < 4.78 is 21.5. The number of nitrogens with one attached hydrogen (secondary N) is 1. The third-order valence-electron chi connectivity index (χ3n) is 7.43. The molecule has 1 aliphatic carbocycles. The average molecular weight is 482 g/mol. The summed E-state index contributed by atoms with van der Waals surface area (Å²) in [7, 11) is 0. The lowest BCUT2D eigenvalue weighted by Gasteiger charge is -2.34. The fraction of sp³-hybridized carbons (Fsp3) is 0.600. The van der Waals surface area contributed by atoms with E-state index in [1.165, 1.54) is 0 Å². The number of ether oxygens (including phenoxy) is 1. The second kappa shape index (κ2) is 8.58. The summed E-state index contributed by atoms with van der Waals surface area (Å²) in [6.45, 7) is 5.49. The number of aryl methyl sites for hydroxylation is 2. The molecule has 0 amide bonds. The molecule has 35 heavy (non-hydrogen) atoms. The maximum absolute atomic E-state index is 14.0. The van der Waals surface area contributed by atoms with Crippen LogP contribution in [0.5, 0.6) is 5.88 Å². The number of nitrogens with zero attached hydrogens (tertiary/aromatic N) is 6. The summed E-state index contributed by atoms with van der Waals surface area (Å²) in [5, 5.41) is 18.9. The van der Waals surface area contributed by atoms with Crippen molar-refractivity contribution < 1.29 is 14.2 Å². The molecule has 5 heterocycles. The molecule has 3 aromatic heterocycles. The van der Waals surface area contributed by atoms with E-state index < -0.39 is 11.8 Å². The molecule has 3 aliphatic rings. The zero-order valence-electron chi connectivity index (χ0n) is 20.3. The Hall–Kier alpha value is -3.01. The molecule has 6 rings (SSSR count). The number of alkyl halides is 1. The maximum atomic E-state index is 14.0. The van der Waals surface area contributed by atoms with Gasteiger partial charge in [-0.05, 0) is 58.8 Å². The second-order valence-corrected chi connectivity index (χ2v) is 10.4. The number of hydrogen-bond acceptors (Lipinski definition) is 8. The maximum Gasteiger partial charge on any atom is 0.235 e. The van der Waals surface area contributed by atoms with Gasteiger partial charge in [-0.25, -0.2) is 19.3 Å². The van der Waals surface area contributed by atoms with Gasteiger partial charge in [0.15, 0.2) is 5.65 Å². The quantitative estimate of drug-likeness (QED) is 0.584. The Morgan fingerprint density at radius 1 is 1.17 bits per heavy atom. The lowest BCUT2D eigenvalue weighted by molar-refractivity contribution is 0.0196. The van der Waals surface area contributed by atoms with Crippen molar-refractivity contribution in [1.82, 2.24) is 24.6 Å². The zero-order chi connectivity index (χ0) is 24.2. The average Bonchev–Trinajstić information content (AvgIpc) is 3.46. The van der Waals surface area contributed by atoms with Gasteiger partial charge in [-0.1, -0.05) is 0 Å². The van der Waals surface area contributed by atoms with Gasteiger partial charge in [0, 0.05) is 24.7 Å². The standard InChI is InChI=1S/C25H32FN7O2/c1-15-23(29-18-4-3-11-35-24(18)27-15)19-12-21-30-20(32-10-7-16(26)14-32)13-22(33(21)31-19)28-17-5-8-25(2,34)9-6-17/h12-13,16-17,28,34H,3-11,14H2,1-2H3/t16-,17-,25-/m1/s1. The van der Waals surface area contributed by atoms with E-state index in [1.54, 1.807) is 0 Å². The van der Waals surface area contributed by atoms with Crippen LogP contribution < -0.4 is 15.0 Å². The van der Waals surface area contributed by atoms with Gasteiger partial charge in [0.25, 0.3) is 0 Å². The van der Waals surface area contributed by atoms with Gasteiger partial charge in [0.05, 0.1) is 24.4 Å². The fourth-order valence-corrected chi connectivity index (χ4v) is 5.32. The smallest absolute Gasteiger partial charge is 0.235 e. The molecule has 10 heteroatoms. The molecular formula is C25H32FN7O2. The van der Waals surface area contributed by atoms with E-state index in [2.05, 4.69) is 10.3 Å². The van der Waals surface area contributed by atoms with E-state index in [-0.39, 0.29) is 6.04 Å². The minimum atomic E-state index is -0.832. The summed E-state index contributed by atoms with van der Waals surface area (Å²) in [6.07, 6.45) is 4.68. The third kappa shape index (κ3) is 4.39. The molecular weight excluding hydrogens is 449 g/mol. The Labute approximate surface area is 203 Å². The highest BCUT2D eigenvalue weighted by molar-refractivity contribution is 5.67. The van der Waals surface area contributed by atoms with Crippen molar-refractivity contribution >= 4 is 17.3 Å². The van der Waals surface area contributed by atoms with Crippen LogP contribution in [0.1, 0.15) is 56.8 Å². The second-order valence-electron chi connectivity index (χ2n) is 10.4. The molecule has 1 saturated heterocycles. The highest BCUT2D eigenvalue weighted by Gasteiger charge is 2.30. The van der Waals surface area contributed by atoms with Crippen molar-refractivity contribution in [2.24, 2.45) is 0 Å². The molecule has 2 fully saturated rings. The van der Waals surface area contributed by atoms with Crippen molar-refractivity contribution in [2.75, 3.05) is 29.9 Å². The highest BCUT2D eigenvalue weighted by atomic mass is 19.1. The first-order valence-electron chi connectivity index (χ1n) is 12.6. The van der Waals surface area contributed by atoms with Gasteiger partial charge in [0.2, 0.25) is 5.88 Å². The fourth-order valence-electron chi connectivity index (χ4n) is 5.32. The Morgan fingerprint density at radius 3 is 2.77 bits per heavy atom. The Morgan fingerprint density at radius 2 is 2.00 bits per heavy atom. The SMILES string of the molecule is Cc1nc2c(nc1-c1cc3nc(N4CC[C@@H](F)C4)cc(N[C@H]4CC[C@](C)(O)CC4)n3n1)CCCO2. The Kier molecular flexibility index (Phi) is 5.51. The van der Waals surface area contributed by atoms with Crippen molar-refractivity contribution in [3.63, 3.8) is 0 Å². The lowest BCUT2D eigenvalue weighted by Crippen LogP contribution is -2.36. The number of halogens is 1. The van der Waals surface area contributed by atoms with Crippen LogP contribution in [-0.4, -0.2) is 67.2 Å². The molecule has 0 bridgehead atoms. The predicted molar refractivity (Wildman–Crippen MR) is 131 cm³/mol. The first-order valence-corrected chi connectivity index (χ1v) is 12.6. The molecule has 2 aliphatic heterocycles. The van der Waals surface area contributed by atoms with Crippen molar-refractivity contribution in [1.29, 1.82) is 0 Å². The number of fused-ring (bicyclic) bond motifs is 2. The van der Waals surface area contributed by atoms with Crippen LogP contribution >= 0.6 is 0 Å². The molecule has 3 aromatic rings. The summed E-state index contributed by atoms with van der Waals surface area (Å²) >= 11 is 0. The molecule has 186 valence electrons. The molecule has 2 N–H and O–H groups in total. The highest BCUT2D eigenvalue weighted by Crippen LogP contribution is 2.33. The van der Waals surface area contributed by atoms with Crippen LogP contribution in [0.3, 0.4) is 0 Å². The van der Waals surface area contributed by atoms with Crippen LogP contribution in [0.15, 0.2) is 12.1 Å². The van der Waals surface area contributed by atoms with Crippen LogP contribution in [0, 0.1) is 6.92 Å². The summed E-state index contributed by atoms with van der Waals surface area (Å²) in [4.78, 5) is 16.3. The molecule has 0 aromatic carbocycles. The minimum absolute atomic E-state index is 0.219. The lowest BCUT2D eigenvalue weighted by atomic mass is 9.84. The summed E-state index contributed by atoms with van der Waals surface area (Å²) in [5.74, 6) is 2.18. The number of anilines is 2. The van der Waals surface area contributed by atoms with E-state index in [0.717, 1.165) is 67.2 Å². The molecule has 1 saturated carbocycles. The van der Waals surface area contributed by atoms with E-state index in [9.17, 15) is 9.50 Å². The van der Waals surface area contributed by atoms with Crippen LogP contribution in [0.25, 0.3) is 17.0 Å². The first kappa shape index (κ1) is 22.5. The number of aromatic nitrogens is 5. The monoisotopic (exact) mass is 481 g/mol. The van der Waals surface area contributed by atoms with Gasteiger partial charge in [-0.2, -0.15) is 9.61 Å². The van der Waals surface area contributed by atoms with Crippen molar-refractivity contribution in [2.45, 2.75) is 76.6 Å². The van der Waals surface area contributed by atoms with Gasteiger partial charge >= 0.3 is 0 Å². The van der Waals surface area contributed by atoms with Gasteiger partial charge in [-0.3, -0.25) is 0 Å². The van der Waals surface area contributed by atoms with E-state index >= 15 is 0 Å². The largest absolute Gasteiger partial charge is 0.476 e. The molecule has 9 nitrogen and oxygen atoms in total. The van der Waals surface area contributed by atoms with E-state index in [4.69, 9.17) is 19.8 Å². The molecule has 0 unspecified atom stereocenters. The first-order chi connectivity index (χ1) is 16.8.